The zero-order valence-corrected chi connectivity index (χ0v) is 13.0. The minimum atomic E-state index is -0.860. The van der Waals surface area contributed by atoms with E-state index in [0.717, 1.165) is 25.1 Å². The van der Waals surface area contributed by atoms with Crippen molar-refractivity contribution in [3.8, 4) is 0 Å². The molecule has 1 fully saturated rings. The Hall–Kier alpha value is -2.40. The molecule has 1 saturated heterocycles. The van der Waals surface area contributed by atoms with E-state index >= 15 is 0 Å². The molecule has 0 bridgehead atoms. The van der Waals surface area contributed by atoms with Crippen LogP contribution in [-0.2, 0) is 6.42 Å². The van der Waals surface area contributed by atoms with E-state index < -0.39 is 6.09 Å². The van der Waals surface area contributed by atoms with Crippen LogP contribution in [0.1, 0.15) is 17.2 Å². The predicted molar refractivity (Wildman–Crippen MR) is 88.3 cm³/mol. The first-order valence-electron chi connectivity index (χ1n) is 7.90. The van der Waals surface area contributed by atoms with Crippen molar-refractivity contribution in [1.82, 2.24) is 14.8 Å². The molecular weight excluding hydrogens is 290 g/mol. The molecule has 2 aromatic rings. The third-order valence-corrected chi connectivity index (χ3v) is 4.34. The van der Waals surface area contributed by atoms with Crippen molar-refractivity contribution in [1.29, 1.82) is 0 Å². The second kappa shape index (κ2) is 7.24. The lowest BCUT2D eigenvalue weighted by Gasteiger charge is -2.40. The first-order valence-corrected chi connectivity index (χ1v) is 7.90. The van der Waals surface area contributed by atoms with E-state index in [9.17, 15) is 9.90 Å². The van der Waals surface area contributed by atoms with Crippen LogP contribution >= 0.6 is 0 Å². The summed E-state index contributed by atoms with van der Waals surface area (Å²) >= 11 is 0. The highest BCUT2D eigenvalue weighted by Gasteiger charge is 2.31. The van der Waals surface area contributed by atoms with Gasteiger partial charge >= 0.3 is 6.09 Å². The molecule has 0 spiro atoms. The van der Waals surface area contributed by atoms with E-state index in [1.165, 1.54) is 10.5 Å². The Bertz CT molecular complexity index is 633. The molecule has 1 amide bonds. The Morgan fingerprint density at radius 3 is 2.70 bits per heavy atom. The minimum Gasteiger partial charge on any atom is -0.465 e. The van der Waals surface area contributed by atoms with Crippen LogP contribution in [0.25, 0.3) is 0 Å². The van der Waals surface area contributed by atoms with Gasteiger partial charge in [-0.1, -0.05) is 36.4 Å². The molecule has 0 aliphatic carbocycles. The molecule has 0 saturated carbocycles. The maximum atomic E-state index is 11.5. The zero-order chi connectivity index (χ0) is 16.1. The number of carbonyl (C=O) groups is 1. The number of carboxylic acid groups (broad SMARTS) is 1. The van der Waals surface area contributed by atoms with Gasteiger partial charge in [0, 0.05) is 38.6 Å². The highest BCUT2D eigenvalue weighted by molar-refractivity contribution is 5.66. The van der Waals surface area contributed by atoms with Crippen LogP contribution in [-0.4, -0.2) is 52.2 Å². The number of hydrogen-bond donors (Lipinski definition) is 1. The molecule has 1 aromatic heterocycles. The fourth-order valence-electron chi connectivity index (χ4n) is 3.06. The van der Waals surface area contributed by atoms with Gasteiger partial charge in [0.1, 0.15) is 0 Å². The fourth-order valence-corrected chi connectivity index (χ4v) is 3.06. The summed E-state index contributed by atoms with van der Waals surface area (Å²) in [5.41, 5.74) is 2.27. The van der Waals surface area contributed by atoms with Gasteiger partial charge in [-0.2, -0.15) is 0 Å². The number of piperazine rings is 1. The number of amides is 1. The molecule has 0 radical (unpaired) electrons. The second-order valence-electron chi connectivity index (χ2n) is 5.81. The highest BCUT2D eigenvalue weighted by atomic mass is 16.4. The largest absolute Gasteiger partial charge is 0.465 e. The number of pyridine rings is 1. The van der Waals surface area contributed by atoms with Crippen molar-refractivity contribution >= 4 is 6.09 Å². The van der Waals surface area contributed by atoms with Gasteiger partial charge in [-0.05, 0) is 23.6 Å². The van der Waals surface area contributed by atoms with Crippen molar-refractivity contribution in [3.63, 3.8) is 0 Å². The number of benzene rings is 1. The van der Waals surface area contributed by atoms with Crippen LogP contribution in [0.4, 0.5) is 4.79 Å². The zero-order valence-electron chi connectivity index (χ0n) is 13.0. The quantitative estimate of drug-likeness (QED) is 0.943. The van der Waals surface area contributed by atoms with Crippen molar-refractivity contribution < 1.29 is 9.90 Å². The molecular formula is C18H21N3O2. The van der Waals surface area contributed by atoms with Crippen LogP contribution < -0.4 is 0 Å². The van der Waals surface area contributed by atoms with E-state index in [-0.39, 0.29) is 6.04 Å². The summed E-state index contributed by atoms with van der Waals surface area (Å²) in [6, 6.07) is 14.1. The first kappa shape index (κ1) is 15.5. The van der Waals surface area contributed by atoms with Gasteiger partial charge in [0.15, 0.2) is 0 Å². The molecule has 5 nitrogen and oxygen atoms in total. The molecule has 23 heavy (non-hydrogen) atoms. The smallest absolute Gasteiger partial charge is 0.407 e. The van der Waals surface area contributed by atoms with E-state index in [2.05, 4.69) is 34.1 Å². The highest BCUT2D eigenvalue weighted by Crippen LogP contribution is 2.25. The maximum Gasteiger partial charge on any atom is 0.407 e. The Balaban J connectivity index is 1.67. The van der Waals surface area contributed by atoms with Gasteiger partial charge in [0.05, 0.1) is 6.04 Å². The van der Waals surface area contributed by atoms with E-state index in [0.29, 0.717) is 13.1 Å². The minimum absolute atomic E-state index is 0.147. The Labute approximate surface area is 136 Å². The summed E-state index contributed by atoms with van der Waals surface area (Å²) in [5.74, 6) is 0. The summed E-state index contributed by atoms with van der Waals surface area (Å²) in [6.07, 6.45) is 3.60. The summed E-state index contributed by atoms with van der Waals surface area (Å²) in [7, 11) is 0. The number of aromatic nitrogens is 1. The van der Waals surface area contributed by atoms with Gasteiger partial charge in [0.25, 0.3) is 0 Å². The normalized spacial score (nSPS) is 18.8. The summed E-state index contributed by atoms with van der Waals surface area (Å²) in [4.78, 5) is 19.5. The number of rotatable bonds is 4. The van der Waals surface area contributed by atoms with E-state index in [1.54, 1.807) is 12.4 Å². The van der Waals surface area contributed by atoms with Crippen LogP contribution in [0.5, 0.6) is 0 Å². The van der Waals surface area contributed by atoms with E-state index in [4.69, 9.17) is 0 Å². The van der Waals surface area contributed by atoms with Gasteiger partial charge in [0.2, 0.25) is 0 Å². The Morgan fingerprint density at radius 1 is 1.17 bits per heavy atom. The van der Waals surface area contributed by atoms with Crippen LogP contribution in [0.3, 0.4) is 0 Å². The van der Waals surface area contributed by atoms with Crippen LogP contribution in [0.15, 0.2) is 54.9 Å². The molecule has 1 aromatic carbocycles. The second-order valence-corrected chi connectivity index (χ2v) is 5.81. The lowest BCUT2D eigenvalue weighted by molar-refractivity contribution is 0.0675. The summed E-state index contributed by atoms with van der Waals surface area (Å²) in [6.45, 7) is 2.96. The molecule has 3 rings (SSSR count). The lowest BCUT2D eigenvalue weighted by atomic mass is 10.0. The summed E-state index contributed by atoms with van der Waals surface area (Å²) < 4.78 is 0. The fraction of sp³-hybridized carbons (Fsp3) is 0.333. The van der Waals surface area contributed by atoms with Crippen molar-refractivity contribution in [3.05, 3.63) is 66.0 Å². The third kappa shape index (κ3) is 3.87. The molecule has 1 unspecified atom stereocenters. The van der Waals surface area contributed by atoms with Gasteiger partial charge in [-0.3, -0.25) is 14.8 Å². The predicted octanol–water partition coefficient (Wildman–Crippen LogP) is 2.66. The molecule has 1 aliphatic rings. The molecule has 1 N–H and O–H groups in total. The Morgan fingerprint density at radius 2 is 2.00 bits per heavy atom. The Kier molecular flexibility index (Phi) is 4.88. The van der Waals surface area contributed by atoms with Crippen molar-refractivity contribution in [2.24, 2.45) is 0 Å². The molecule has 5 heteroatoms. The maximum absolute atomic E-state index is 11.5. The topological polar surface area (TPSA) is 56.7 Å². The summed E-state index contributed by atoms with van der Waals surface area (Å²) in [5, 5.41) is 9.45. The van der Waals surface area contributed by atoms with Crippen LogP contribution in [0, 0.1) is 0 Å². The van der Waals surface area contributed by atoms with Gasteiger partial charge in [-0.25, -0.2) is 4.79 Å². The molecule has 120 valence electrons. The van der Waals surface area contributed by atoms with E-state index in [1.807, 2.05) is 18.2 Å². The standard InChI is InChI=1S/C18H21N3O2/c22-18(23)21-12-11-20(10-8-15-5-2-1-3-6-15)14-17(21)16-7-4-9-19-13-16/h1-7,9,13,17H,8,10-12,14H2,(H,22,23). The SMILES string of the molecule is O=C(O)N1CCN(CCc2ccccc2)CC1c1cccnc1. The molecule has 2 heterocycles. The first-order chi connectivity index (χ1) is 11.2. The monoisotopic (exact) mass is 311 g/mol. The average molecular weight is 311 g/mol. The molecule has 1 atom stereocenters. The lowest BCUT2D eigenvalue weighted by Crippen LogP contribution is -2.50. The third-order valence-electron chi connectivity index (χ3n) is 4.34. The number of hydrogen-bond acceptors (Lipinski definition) is 3. The molecule has 1 aliphatic heterocycles. The van der Waals surface area contributed by atoms with Crippen molar-refractivity contribution in [2.75, 3.05) is 26.2 Å². The average Bonchev–Trinajstić information content (AvgIpc) is 2.61. The van der Waals surface area contributed by atoms with Crippen LogP contribution in [0.2, 0.25) is 0 Å². The van der Waals surface area contributed by atoms with Gasteiger partial charge in [-0.15, -0.1) is 0 Å². The number of nitrogens with zero attached hydrogens (tertiary/aromatic N) is 3. The van der Waals surface area contributed by atoms with Crippen molar-refractivity contribution in [2.45, 2.75) is 12.5 Å². The van der Waals surface area contributed by atoms with Gasteiger partial charge < -0.3 is 5.11 Å².